The van der Waals surface area contributed by atoms with E-state index in [4.69, 9.17) is 4.74 Å². The molecule has 0 saturated heterocycles. The summed E-state index contributed by atoms with van der Waals surface area (Å²) < 4.78 is 33.2. The Morgan fingerprint density at radius 3 is 2.52 bits per heavy atom. The molecule has 0 saturated carbocycles. The second-order valence-electron chi connectivity index (χ2n) is 5.62. The number of hydrogen-bond donors (Lipinski definition) is 1. The van der Waals surface area contributed by atoms with Crippen LogP contribution in [-0.2, 0) is 10.0 Å². The van der Waals surface area contributed by atoms with E-state index in [-0.39, 0.29) is 10.9 Å². The van der Waals surface area contributed by atoms with Crippen LogP contribution in [0.1, 0.15) is 18.0 Å². The lowest BCUT2D eigenvalue weighted by atomic mass is 9.98. The molecule has 1 aliphatic heterocycles. The molecule has 1 unspecified atom stereocenters. The van der Waals surface area contributed by atoms with Gasteiger partial charge in [-0.1, -0.05) is 18.2 Å². The molecule has 5 nitrogen and oxygen atoms in total. The maximum absolute atomic E-state index is 12.6. The molecular weight excluding hydrogens is 312 g/mol. The second-order valence-corrected chi connectivity index (χ2v) is 7.33. The summed E-state index contributed by atoms with van der Waals surface area (Å²) in [5, 5.41) is 0. The van der Waals surface area contributed by atoms with Gasteiger partial charge in [-0.3, -0.25) is 0 Å². The standard InChI is InChI=1S/C17H20N2O3S/c1-19-12-11-16(15-5-3-4-6-17(15)19)18-23(20,21)14-9-7-13(22-2)8-10-14/h3-10,16,18H,11-12H2,1-2H3. The molecule has 0 aliphatic carbocycles. The van der Waals surface area contributed by atoms with Crippen molar-refractivity contribution >= 4 is 15.7 Å². The van der Waals surface area contributed by atoms with Crippen LogP contribution in [0.4, 0.5) is 5.69 Å². The number of sulfonamides is 1. The molecule has 0 radical (unpaired) electrons. The molecule has 23 heavy (non-hydrogen) atoms. The van der Waals surface area contributed by atoms with Gasteiger partial charge in [-0.2, -0.15) is 0 Å². The molecule has 122 valence electrons. The second kappa shape index (κ2) is 6.22. The van der Waals surface area contributed by atoms with Crippen LogP contribution in [0.3, 0.4) is 0 Å². The predicted octanol–water partition coefficient (Wildman–Crippen LogP) is 2.55. The van der Waals surface area contributed by atoms with E-state index in [2.05, 4.69) is 9.62 Å². The predicted molar refractivity (Wildman–Crippen MR) is 90.4 cm³/mol. The lowest BCUT2D eigenvalue weighted by molar-refractivity contribution is 0.414. The fourth-order valence-corrected chi connectivity index (χ4v) is 4.11. The van der Waals surface area contributed by atoms with Gasteiger partial charge in [0.2, 0.25) is 10.0 Å². The molecule has 0 bridgehead atoms. The van der Waals surface area contributed by atoms with Crippen molar-refractivity contribution in [3.05, 3.63) is 54.1 Å². The third-order valence-electron chi connectivity index (χ3n) is 4.14. The van der Waals surface area contributed by atoms with Crippen LogP contribution in [0, 0.1) is 0 Å². The van der Waals surface area contributed by atoms with Crippen LogP contribution in [0.15, 0.2) is 53.4 Å². The van der Waals surface area contributed by atoms with Crippen LogP contribution in [0.25, 0.3) is 0 Å². The van der Waals surface area contributed by atoms with Crippen molar-refractivity contribution in [1.29, 1.82) is 0 Å². The highest BCUT2D eigenvalue weighted by Gasteiger charge is 2.27. The first kappa shape index (κ1) is 15.8. The number of para-hydroxylation sites is 1. The van der Waals surface area contributed by atoms with Crippen molar-refractivity contribution < 1.29 is 13.2 Å². The topological polar surface area (TPSA) is 58.6 Å². The summed E-state index contributed by atoms with van der Waals surface area (Å²) in [4.78, 5) is 2.39. The molecule has 1 heterocycles. The highest BCUT2D eigenvalue weighted by Crippen LogP contribution is 2.33. The lowest BCUT2D eigenvalue weighted by Crippen LogP contribution is -2.36. The quantitative estimate of drug-likeness (QED) is 0.935. The minimum absolute atomic E-state index is 0.213. The number of methoxy groups -OCH3 is 1. The van der Waals surface area contributed by atoms with Crippen LogP contribution < -0.4 is 14.4 Å². The summed E-state index contributed by atoms with van der Waals surface area (Å²) >= 11 is 0. The minimum Gasteiger partial charge on any atom is -0.497 e. The maximum Gasteiger partial charge on any atom is 0.241 e. The fraction of sp³-hybridized carbons (Fsp3) is 0.294. The van der Waals surface area contributed by atoms with Crippen LogP contribution in [-0.4, -0.2) is 29.1 Å². The van der Waals surface area contributed by atoms with E-state index >= 15 is 0 Å². The molecule has 0 amide bonds. The van der Waals surface area contributed by atoms with E-state index in [1.165, 1.54) is 0 Å². The van der Waals surface area contributed by atoms with E-state index < -0.39 is 10.0 Å². The number of ether oxygens (including phenoxy) is 1. The van der Waals surface area contributed by atoms with Gasteiger partial charge < -0.3 is 9.64 Å². The third-order valence-corrected chi connectivity index (χ3v) is 5.63. The Kier molecular flexibility index (Phi) is 4.28. The molecule has 0 fully saturated rings. The first-order valence-corrected chi connectivity index (χ1v) is 8.96. The zero-order valence-corrected chi connectivity index (χ0v) is 14.0. The molecular formula is C17H20N2O3S. The Labute approximate surface area is 136 Å². The molecule has 2 aromatic rings. The third kappa shape index (κ3) is 3.18. The van der Waals surface area contributed by atoms with E-state index in [1.807, 2.05) is 31.3 Å². The van der Waals surface area contributed by atoms with E-state index in [1.54, 1.807) is 31.4 Å². The summed E-state index contributed by atoms with van der Waals surface area (Å²) in [6.45, 7) is 0.812. The summed E-state index contributed by atoms with van der Waals surface area (Å²) in [6.07, 6.45) is 0.739. The van der Waals surface area contributed by atoms with Gasteiger partial charge in [0, 0.05) is 19.3 Å². The Morgan fingerprint density at radius 1 is 1.13 bits per heavy atom. The summed E-state index contributed by atoms with van der Waals surface area (Å²) in [5.41, 5.74) is 2.08. The zero-order valence-electron chi connectivity index (χ0n) is 13.2. The van der Waals surface area contributed by atoms with E-state index in [0.29, 0.717) is 5.75 Å². The number of nitrogens with one attached hydrogen (secondary N) is 1. The molecule has 0 aromatic heterocycles. The fourth-order valence-electron chi connectivity index (χ4n) is 2.86. The van der Waals surface area contributed by atoms with E-state index in [0.717, 1.165) is 24.2 Å². The number of rotatable bonds is 4. The Balaban J connectivity index is 1.87. The highest BCUT2D eigenvalue weighted by atomic mass is 32.2. The van der Waals surface area contributed by atoms with Crippen molar-refractivity contribution in [3.8, 4) is 5.75 Å². The zero-order chi connectivity index (χ0) is 16.4. The van der Waals surface area contributed by atoms with Crippen molar-refractivity contribution in [1.82, 2.24) is 4.72 Å². The SMILES string of the molecule is COc1ccc(S(=O)(=O)NC2CCN(C)c3ccccc32)cc1. The van der Waals surface area contributed by atoms with Gasteiger partial charge in [0.05, 0.1) is 18.0 Å². The molecule has 0 spiro atoms. The van der Waals surface area contributed by atoms with Crippen molar-refractivity contribution in [3.63, 3.8) is 0 Å². The largest absolute Gasteiger partial charge is 0.497 e. The van der Waals surface area contributed by atoms with Gasteiger partial charge >= 0.3 is 0 Å². The molecule has 6 heteroatoms. The molecule has 1 atom stereocenters. The van der Waals surface area contributed by atoms with Gasteiger partial charge in [0.15, 0.2) is 0 Å². The monoisotopic (exact) mass is 332 g/mol. The molecule has 1 aliphatic rings. The van der Waals surface area contributed by atoms with Gasteiger partial charge in [0.1, 0.15) is 5.75 Å². The molecule has 2 aromatic carbocycles. The first-order chi connectivity index (χ1) is 11.0. The van der Waals surface area contributed by atoms with Crippen LogP contribution >= 0.6 is 0 Å². The number of benzene rings is 2. The first-order valence-electron chi connectivity index (χ1n) is 7.48. The van der Waals surface area contributed by atoms with Crippen LogP contribution in [0.5, 0.6) is 5.75 Å². The van der Waals surface area contributed by atoms with Gasteiger partial charge in [-0.25, -0.2) is 13.1 Å². The van der Waals surface area contributed by atoms with Crippen molar-refractivity contribution in [2.75, 3.05) is 25.6 Å². The number of fused-ring (bicyclic) bond motifs is 1. The normalized spacial score (nSPS) is 17.7. The Morgan fingerprint density at radius 2 is 1.83 bits per heavy atom. The number of anilines is 1. The Bertz CT molecular complexity index is 788. The number of hydrogen-bond acceptors (Lipinski definition) is 4. The van der Waals surface area contributed by atoms with Crippen LogP contribution in [0.2, 0.25) is 0 Å². The highest BCUT2D eigenvalue weighted by molar-refractivity contribution is 7.89. The van der Waals surface area contributed by atoms with Crippen molar-refractivity contribution in [2.45, 2.75) is 17.4 Å². The summed E-state index contributed by atoms with van der Waals surface area (Å²) in [6, 6.07) is 14.1. The smallest absolute Gasteiger partial charge is 0.241 e. The summed E-state index contributed by atoms with van der Waals surface area (Å²) in [7, 11) is 0.00450. The maximum atomic E-state index is 12.6. The Hall–Kier alpha value is -2.05. The summed E-state index contributed by atoms with van der Waals surface area (Å²) in [5.74, 6) is 0.633. The van der Waals surface area contributed by atoms with Crippen molar-refractivity contribution in [2.24, 2.45) is 0 Å². The van der Waals surface area contributed by atoms with Gasteiger partial charge in [0.25, 0.3) is 0 Å². The van der Waals surface area contributed by atoms with Gasteiger partial charge in [-0.05, 0) is 42.3 Å². The molecule has 3 rings (SSSR count). The minimum atomic E-state index is -3.57. The van der Waals surface area contributed by atoms with E-state index in [9.17, 15) is 8.42 Å². The van der Waals surface area contributed by atoms with Gasteiger partial charge in [-0.15, -0.1) is 0 Å². The lowest BCUT2D eigenvalue weighted by Gasteiger charge is -2.33. The average molecular weight is 332 g/mol. The average Bonchev–Trinajstić information content (AvgIpc) is 2.58. The number of nitrogens with zero attached hydrogens (tertiary/aromatic N) is 1. The molecule has 1 N–H and O–H groups in total.